The fraction of sp³-hybridized carbons (Fsp3) is 0.471. The van der Waals surface area contributed by atoms with Crippen molar-refractivity contribution >= 4 is 17.7 Å². The summed E-state index contributed by atoms with van der Waals surface area (Å²) < 4.78 is 4.56. The molecular weight excluding hydrogens is 282 g/mol. The molecular formula is C17H23NO4. The Hall–Kier alpha value is -2.17. The molecule has 0 unspecified atom stereocenters. The molecule has 0 saturated heterocycles. The minimum absolute atomic E-state index is 0.0149. The monoisotopic (exact) mass is 305 g/mol. The molecule has 1 aromatic rings. The van der Waals surface area contributed by atoms with E-state index in [0.29, 0.717) is 24.1 Å². The molecule has 0 atom stereocenters. The molecule has 0 fully saturated rings. The van der Waals surface area contributed by atoms with Crippen molar-refractivity contribution in [3.8, 4) is 0 Å². The molecule has 5 heteroatoms. The van der Waals surface area contributed by atoms with E-state index < -0.39 is 0 Å². The lowest BCUT2D eigenvalue weighted by molar-refractivity contribution is -0.140. The van der Waals surface area contributed by atoms with Crippen LogP contribution in [-0.4, -0.2) is 31.3 Å². The molecule has 22 heavy (non-hydrogen) atoms. The number of benzene rings is 1. The van der Waals surface area contributed by atoms with E-state index in [2.05, 4.69) is 10.1 Å². The second kappa shape index (κ2) is 9.71. The van der Waals surface area contributed by atoms with E-state index >= 15 is 0 Å². The van der Waals surface area contributed by atoms with Gasteiger partial charge in [0.15, 0.2) is 5.78 Å². The van der Waals surface area contributed by atoms with Gasteiger partial charge in [0.1, 0.15) is 0 Å². The molecule has 0 aromatic heterocycles. The molecule has 1 amide bonds. The number of ketones is 1. The van der Waals surface area contributed by atoms with Crippen molar-refractivity contribution in [2.45, 2.75) is 39.0 Å². The number of hydrogen-bond donors (Lipinski definition) is 1. The highest BCUT2D eigenvalue weighted by Crippen LogP contribution is 2.06. The van der Waals surface area contributed by atoms with Gasteiger partial charge in [0.25, 0.3) is 5.91 Å². The molecule has 0 radical (unpaired) electrons. The first kappa shape index (κ1) is 17.9. The van der Waals surface area contributed by atoms with Crippen LogP contribution < -0.4 is 5.32 Å². The van der Waals surface area contributed by atoms with Crippen molar-refractivity contribution in [1.82, 2.24) is 5.32 Å². The molecule has 120 valence electrons. The van der Waals surface area contributed by atoms with E-state index in [1.165, 1.54) is 14.0 Å². The number of methoxy groups -OCH3 is 1. The van der Waals surface area contributed by atoms with Crippen molar-refractivity contribution in [2.24, 2.45) is 0 Å². The number of ether oxygens (including phenoxy) is 1. The Labute approximate surface area is 131 Å². The number of carbonyl (C=O) groups is 3. The third-order valence-corrected chi connectivity index (χ3v) is 3.37. The third kappa shape index (κ3) is 6.52. The first-order valence-electron chi connectivity index (χ1n) is 7.50. The second-order valence-corrected chi connectivity index (χ2v) is 5.13. The number of carbonyl (C=O) groups excluding carboxylic acids is 3. The van der Waals surface area contributed by atoms with Crippen LogP contribution in [0.2, 0.25) is 0 Å². The van der Waals surface area contributed by atoms with E-state index in [1.807, 2.05) is 0 Å². The first-order chi connectivity index (χ1) is 10.5. The normalized spacial score (nSPS) is 10.1. The summed E-state index contributed by atoms with van der Waals surface area (Å²) in [6.07, 6.45) is 4.04. The fourth-order valence-corrected chi connectivity index (χ4v) is 2.01. The van der Waals surface area contributed by atoms with Gasteiger partial charge in [-0.2, -0.15) is 0 Å². The number of rotatable bonds is 9. The van der Waals surface area contributed by atoms with Crippen LogP contribution in [0.4, 0.5) is 0 Å². The molecule has 0 aliphatic heterocycles. The van der Waals surface area contributed by atoms with Gasteiger partial charge >= 0.3 is 5.97 Å². The maximum atomic E-state index is 11.9. The maximum absolute atomic E-state index is 11.9. The highest BCUT2D eigenvalue weighted by atomic mass is 16.5. The SMILES string of the molecule is COC(=O)CCCCCCNC(=O)c1ccc(C(C)=O)cc1. The molecule has 0 heterocycles. The minimum atomic E-state index is -0.178. The summed E-state index contributed by atoms with van der Waals surface area (Å²) >= 11 is 0. The van der Waals surface area contributed by atoms with Crippen molar-refractivity contribution in [1.29, 1.82) is 0 Å². The predicted molar refractivity (Wildman–Crippen MR) is 83.9 cm³/mol. The molecule has 1 rings (SSSR count). The Morgan fingerprint density at radius 1 is 0.955 bits per heavy atom. The van der Waals surface area contributed by atoms with E-state index in [-0.39, 0.29) is 17.7 Å². The van der Waals surface area contributed by atoms with Crippen molar-refractivity contribution in [3.05, 3.63) is 35.4 Å². The van der Waals surface area contributed by atoms with Gasteiger partial charge in [-0.3, -0.25) is 14.4 Å². The van der Waals surface area contributed by atoms with Gasteiger partial charge in [-0.25, -0.2) is 0 Å². The van der Waals surface area contributed by atoms with Gasteiger partial charge in [0.2, 0.25) is 0 Å². The number of nitrogens with one attached hydrogen (secondary N) is 1. The van der Waals surface area contributed by atoms with Crippen molar-refractivity contribution < 1.29 is 19.1 Å². The molecule has 1 N–H and O–H groups in total. The Balaban J connectivity index is 2.18. The van der Waals surface area contributed by atoms with Crippen LogP contribution in [0.3, 0.4) is 0 Å². The average molecular weight is 305 g/mol. The van der Waals surface area contributed by atoms with Crippen LogP contribution in [0.5, 0.6) is 0 Å². The zero-order chi connectivity index (χ0) is 16.4. The summed E-state index contributed by atoms with van der Waals surface area (Å²) in [5.41, 5.74) is 1.15. The van der Waals surface area contributed by atoms with E-state index in [4.69, 9.17) is 0 Å². The van der Waals surface area contributed by atoms with Crippen LogP contribution in [0.25, 0.3) is 0 Å². The molecule has 1 aromatic carbocycles. The third-order valence-electron chi connectivity index (χ3n) is 3.37. The molecule has 0 aliphatic rings. The quantitative estimate of drug-likeness (QED) is 0.432. The molecule has 5 nitrogen and oxygen atoms in total. The van der Waals surface area contributed by atoms with E-state index in [0.717, 1.165) is 25.7 Å². The fourth-order valence-electron chi connectivity index (χ4n) is 2.01. The number of hydrogen-bond acceptors (Lipinski definition) is 4. The second-order valence-electron chi connectivity index (χ2n) is 5.13. The number of unbranched alkanes of at least 4 members (excludes halogenated alkanes) is 3. The zero-order valence-electron chi connectivity index (χ0n) is 13.2. The average Bonchev–Trinajstić information content (AvgIpc) is 2.53. The summed E-state index contributed by atoms with van der Waals surface area (Å²) in [6.45, 7) is 2.10. The topological polar surface area (TPSA) is 72.5 Å². The maximum Gasteiger partial charge on any atom is 0.305 e. The van der Waals surface area contributed by atoms with Crippen LogP contribution in [0.1, 0.15) is 59.7 Å². The standard InChI is InChI=1S/C17H23NO4/c1-13(19)14-8-10-15(11-9-14)17(21)18-12-6-4-3-5-7-16(20)22-2/h8-11H,3-7,12H2,1-2H3,(H,18,21). The largest absolute Gasteiger partial charge is 0.469 e. The Morgan fingerprint density at radius 2 is 1.55 bits per heavy atom. The number of amides is 1. The Bertz CT molecular complexity index is 508. The van der Waals surface area contributed by atoms with Crippen LogP contribution in [0.15, 0.2) is 24.3 Å². The van der Waals surface area contributed by atoms with Crippen LogP contribution in [-0.2, 0) is 9.53 Å². The highest BCUT2D eigenvalue weighted by Gasteiger charge is 2.06. The van der Waals surface area contributed by atoms with Gasteiger partial charge in [-0.1, -0.05) is 25.0 Å². The summed E-state index contributed by atoms with van der Waals surface area (Å²) in [5, 5.41) is 2.84. The lowest BCUT2D eigenvalue weighted by atomic mass is 10.1. The van der Waals surface area contributed by atoms with Crippen molar-refractivity contribution in [3.63, 3.8) is 0 Å². The Morgan fingerprint density at radius 3 is 2.14 bits per heavy atom. The Kier molecular flexibility index (Phi) is 7.89. The molecule has 0 saturated carbocycles. The van der Waals surface area contributed by atoms with Gasteiger partial charge in [0.05, 0.1) is 7.11 Å². The van der Waals surface area contributed by atoms with Gasteiger partial charge < -0.3 is 10.1 Å². The molecule has 0 bridgehead atoms. The molecule has 0 spiro atoms. The first-order valence-corrected chi connectivity index (χ1v) is 7.50. The van der Waals surface area contributed by atoms with Crippen molar-refractivity contribution in [2.75, 3.05) is 13.7 Å². The van der Waals surface area contributed by atoms with E-state index in [1.54, 1.807) is 24.3 Å². The van der Waals surface area contributed by atoms with Crippen LogP contribution in [0, 0.1) is 0 Å². The number of Topliss-reactive ketones (excluding diaryl/α,β-unsaturated/α-hetero) is 1. The van der Waals surface area contributed by atoms with Gasteiger partial charge in [-0.15, -0.1) is 0 Å². The predicted octanol–water partition coefficient (Wildman–Crippen LogP) is 2.74. The lowest BCUT2D eigenvalue weighted by Crippen LogP contribution is -2.24. The number of esters is 1. The minimum Gasteiger partial charge on any atom is -0.469 e. The summed E-state index contributed by atoms with van der Waals surface area (Å²) in [7, 11) is 1.39. The van der Waals surface area contributed by atoms with E-state index in [9.17, 15) is 14.4 Å². The van der Waals surface area contributed by atoms with Gasteiger partial charge in [0, 0.05) is 24.1 Å². The summed E-state index contributed by atoms with van der Waals surface area (Å²) in [6, 6.07) is 6.62. The molecule has 0 aliphatic carbocycles. The lowest BCUT2D eigenvalue weighted by Gasteiger charge is -2.06. The zero-order valence-corrected chi connectivity index (χ0v) is 13.2. The summed E-state index contributed by atoms with van der Waals surface area (Å²) in [4.78, 5) is 34.0. The highest BCUT2D eigenvalue weighted by molar-refractivity contribution is 5.97. The summed E-state index contributed by atoms with van der Waals surface area (Å²) in [5.74, 6) is -0.328. The van der Waals surface area contributed by atoms with Crippen LogP contribution >= 0.6 is 0 Å². The smallest absolute Gasteiger partial charge is 0.305 e. The van der Waals surface area contributed by atoms with Gasteiger partial charge in [-0.05, 0) is 31.9 Å².